The highest BCUT2D eigenvalue weighted by atomic mass is 32.2. The average Bonchev–Trinajstić information content (AvgIpc) is 3.34. The first-order valence-electron chi connectivity index (χ1n) is 10.9. The molecular weight excluding hydrogens is 458 g/mol. The van der Waals surface area contributed by atoms with Gasteiger partial charge in [0.1, 0.15) is 4.90 Å². The Hall–Kier alpha value is -4.49. The van der Waals surface area contributed by atoms with Crippen LogP contribution in [0.2, 0.25) is 0 Å². The predicted molar refractivity (Wildman–Crippen MR) is 137 cm³/mol. The molecule has 5 rings (SSSR count). The number of rotatable bonds is 7. The lowest BCUT2D eigenvalue weighted by Gasteiger charge is -2.09. The van der Waals surface area contributed by atoms with Crippen LogP contribution in [0.3, 0.4) is 0 Å². The lowest BCUT2D eigenvalue weighted by Crippen LogP contribution is -2.10. The van der Waals surface area contributed by atoms with E-state index in [0.717, 1.165) is 16.9 Å². The van der Waals surface area contributed by atoms with E-state index in [9.17, 15) is 8.42 Å². The van der Waals surface area contributed by atoms with Crippen LogP contribution in [0, 0.1) is 0 Å². The highest BCUT2D eigenvalue weighted by molar-refractivity contribution is 7.87. The third kappa shape index (κ3) is 5.05. The molecule has 0 saturated carbocycles. The molecule has 0 atom stereocenters. The summed E-state index contributed by atoms with van der Waals surface area (Å²) in [5, 5.41) is 4.76. The van der Waals surface area contributed by atoms with Crippen molar-refractivity contribution in [1.29, 1.82) is 0 Å². The third-order valence-corrected chi connectivity index (χ3v) is 6.50. The molecule has 0 bridgehead atoms. The molecule has 0 aliphatic heterocycles. The largest absolute Gasteiger partial charge is 0.378 e. The van der Waals surface area contributed by atoms with Crippen LogP contribution >= 0.6 is 0 Å². The van der Waals surface area contributed by atoms with Gasteiger partial charge in [-0.1, -0.05) is 78.9 Å². The molecule has 172 valence electrons. The Bertz CT molecular complexity index is 1560. The average molecular weight is 480 g/mol. The number of hydrogen-bond acceptors (Lipinski definition) is 5. The van der Waals surface area contributed by atoms with E-state index in [-0.39, 0.29) is 10.6 Å². The zero-order chi connectivity index (χ0) is 24.1. The Labute approximate surface area is 203 Å². The molecule has 0 fully saturated rings. The maximum atomic E-state index is 12.7. The molecule has 0 spiro atoms. The summed E-state index contributed by atoms with van der Waals surface area (Å²) in [7, 11) is -3.98. The minimum Gasteiger partial charge on any atom is -0.378 e. The second kappa shape index (κ2) is 9.79. The van der Waals surface area contributed by atoms with Crippen LogP contribution in [-0.2, 0) is 10.1 Å². The molecule has 0 N–H and O–H groups in total. The molecule has 6 nitrogen and oxygen atoms in total. The first-order chi connectivity index (χ1) is 17.1. The summed E-state index contributed by atoms with van der Waals surface area (Å²) in [6.07, 6.45) is 1.58. The molecule has 7 heteroatoms. The molecule has 5 aromatic rings. The van der Waals surface area contributed by atoms with Gasteiger partial charge in [-0.3, -0.25) is 0 Å². The fourth-order valence-corrected chi connectivity index (χ4v) is 4.50. The van der Waals surface area contributed by atoms with Gasteiger partial charge < -0.3 is 4.18 Å². The highest BCUT2D eigenvalue weighted by Gasteiger charge is 2.18. The van der Waals surface area contributed by atoms with Crippen LogP contribution in [0.4, 0.5) is 5.82 Å². The molecule has 1 aromatic heterocycles. The van der Waals surface area contributed by atoms with E-state index < -0.39 is 10.1 Å². The van der Waals surface area contributed by atoms with E-state index in [0.29, 0.717) is 11.4 Å². The van der Waals surface area contributed by atoms with Gasteiger partial charge in [-0.15, -0.1) is 0 Å². The van der Waals surface area contributed by atoms with Gasteiger partial charge in [0.25, 0.3) is 0 Å². The van der Waals surface area contributed by atoms with E-state index >= 15 is 0 Å². The standard InChI is InChI=1S/C28H21N3O3S/c32-35(33,25-17-8-3-9-18-25)34-27-19-11-10-14-23(27)21-29-28-20-26(22-12-4-1-5-13-22)30-31(28)24-15-6-2-7-16-24/h1-21H. The minimum absolute atomic E-state index is 0.0846. The Morgan fingerprint density at radius 3 is 2.06 bits per heavy atom. The van der Waals surface area contributed by atoms with Crippen LogP contribution in [0.1, 0.15) is 5.56 Å². The number of benzene rings is 4. The monoisotopic (exact) mass is 479 g/mol. The van der Waals surface area contributed by atoms with E-state index in [1.54, 1.807) is 53.4 Å². The maximum Gasteiger partial charge on any atom is 0.339 e. The summed E-state index contributed by atoms with van der Waals surface area (Å²) >= 11 is 0. The zero-order valence-corrected chi connectivity index (χ0v) is 19.4. The number of hydrogen-bond donors (Lipinski definition) is 0. The zero-order valence-electron chi connectivity index (χ0n) is 18.6. The van der Waals surface area contributed by atoms with E-state index in [2.05, 4.69) is 4.99 Å². The van der Waals surface area contributed by atoms with Crippen molar-refractivity contribution in [3.8, 4) is 22.7 Å². The highest BCUT2D eigenvalue weighted by Crippen LogP contribution is 2.28. The molecule has 0 saturated heterocycles. The number of aliphatic imine (C=N–C) groups is 1. The summed E-state index contributed by atoms with van der Waals surface area (Å²) in [6, 6.07) is 36.4. The van der Waals surface area contributed by atoms with Gasteiger partial charge in [0, 0.05) is 23.4 Å². The molecule has 4 aromatic carbocycles. The van der Waals surface area contributed by atoms with Crippen molar-refractivity contribution in [3.05, 3.63) is 127 Å². The van der Waals surface area contributed by atoms with E-state index in [1.165, 1.54) is 12.1 Å². The van der Waals surface area contributed by atoms with Crippen LogP contribution in [0.25, 0.3) is 16.9 Å². The van der Waals surface area contributed by atoms with E-state index in [1.807, 2.05) is 66.7 Å². The predicted octanol–water partition coefficient (Wildman–Crippen LogP) is 6.06. The van der Waals surface area contributed by atoms with Crippen LogP contribution < -0.4 is 4.18 Å². The molecular formula is C28H21N3O3S. The normalized spacial score (nSPS) is 11.5. The van der Waals surface area contributed by atoms with Gasteiger partial charge in [0.05, 0.1) is 11.4 Å². The fraction of sp³-hybridized carbons (Fsp3) is 0. The number of nitrogens with zero attached hydrogens (tertiary/aromatic N) is 3. The lowest BCUT2D eigenvalue weighted by atomic mass is 10.1. The lowest BCUT2D eigenvalue weighted by molar-refractivity contribution is 0.485. The molecule has 0 amide bonds. The topological polar surface area (TPSA) is 73.6 Å². The van der Waals surface area contributed by atoms with Crippen molar-refractivity contribution in [2.75, 3.05) is 0 Å². The number of para-hydroxylation sites is 2. The SMILES string of the molecule is O=S(=O)(Oc1ccccc1C=Nc1cc(-c2ccccc2)nn1-c1ccccc1)c1ccccc1. The number of aromatic nitrogens is 2. The molecule has 0 unspecified atom stereocenters. The van der Waals surface area contributed by atoms with Gasteiger partial charge in [-0.05, 0) is 36.4 Å². The Balaban J connectivity index is 1.52. The van der Waals surface area contributed by atoms with Crippen molar-refractivity contribution in [3.63, 3.8) is 0 Å². The van der Waals surface area contributed by atoms with Gasteiger partial charge in [-0.25, -0.2) is 9.67 Å². The van der Waals surface area contributed by atoms with Gasteiger partial charge in [-0.2, -0.15) is 13.5 Å². The van der Waals surface area contributed by atoms with Crippen LogP contribution in [-0.4, -0.2) is 24.4 Å². The first-order valence-corrected chi connectivity index (χ1v) is 12.3. The van der Waals surface area contributed by atoms with Gasteiger partial charge >= 0.3 is 10.1 Å². The molecule has 0 aliphatic carbocycles. The molecule has 1 heterocycles. The Morgan fingerprint density at radius 2 is 1.34 bits per heavy atom. The van der Waals surface area contributed by atoms with Gasteiger partial charge in [0.15, 0.2) is 11.6 Å². The van der Waals surface area contributed by atoms with Crippen molar-refractivity contribution >= 4 is 22.2 Å². The van der Waals surface area contributed by atoms with Crippen LogP contribution in [0.5, 0.6) is 5.75 Å². The summed E-state index contributed by atoms with van der Waals surface area (Å²) in [5.74, 6) is 0.782. The van der Waals surface area contributed by atoms with Crippen molar-refractivity contribution in [2.45, 2.75) is 4.90 Å². The quantitative estimate of drug-likeness (QED) is 0.210. The minimum atomic E-state index is -3.98. The van der Waals surface area contributed by atoms with Crippen molar-refractivity contribution in [1.82, 2.24) is 9.78 Å². The third-order valence-electron chi connectivity index (χ3n) is 5.25. The van der Waals surface area contributed by atoms with Crippen LogP contribution in [0.15, 0.2) is 131 Å². The molecule has 0 aliphatic rings. The second-order valence-corrected chi connectivity index (χ2v) is 9.19. The maximum absolute atomic E-state index is 12.7. The Morgan fingerprint density at radius 1 is 0.743 bits per heavy atom. The Kier molecular flexibility index (Phi) is 6.24. The van der Waals surface area contributed by atoms with Crippen molar-refractivity contribution in [2.24, 2.45) is 4.99 Å². The second-order valence-electron chi connectivity index (χ2n) is 7.65. The summed E-state index contributed by atoms with van der Waals surface area (Å²) < 4.78 is 32.7. The first kappa shape index (κ1) is 22.3. The summed E-state index contributed by atoms with van der Waals surface area (Å²) in [4.78, 5) is 4.75. The molecule has 0 radical (unpaired) electrons. The fourth-order valence-electron chi connectivity index (χ4n) is 3.52. The van der Waals surface area contributed by atoms with Crippen molar-refractivity contribution < 1.29 is 12.6 Å². The van der Waals surface area contributed by atoms with Gasteiger partial charge in [0.2, 0.25) is 0 Å². The van der Waals surface area contributed by atoms with E-state index in [4.69, 9.17) is 9.28 Å². The smallest absolute Gasteiger partial charge is 0.339 e. The molecule has 35 heavy (non-hydrogen) atoms. The summed E-state index contributed by atoms with van der Waals surface area (Å²) in [6.45, 7) is 0. The summed E-state index contributed by atoms with van der Waals surface area (Å²) in [5.41, 5.74) is 3.13.